The quantitative estimate of drug-likeness (QED) is 0.695. The Bertz CT molecular complexity index is 625. The lowest BCUT2D eigenvalue weighted by atomic mass is 10.0. The molecule has 0 spiro atoms. The molecule has 0 aromatic heterocycles. The van der Waals surface area contributed by atoms with E-state index in [0.717, 1.165) is 11.3 Å². The van der Waals surface area contributed by atoms with Crippen molar-refractivity contribution < 1.29 is 19.1 Å². The Morgan fingerprint density at radius 1 is 1.27 bits per heavy atom. The van der Waals surface area contributed by atoms with Crippen molar-refractivity contribution in [2.45, 2.75) is 52.2 Å². The van der Waals surface area contributed by atoms with Crippen LogP contribution in [-0.4, -0.2) is 48.5 Å². The number of hydrogen-bond donors (Lipinski definition) is 2. The molecule has 7 nitrogen and oxygen atoms in total. The molecule has 0 aliphatic carbocycles. The Kier molecular flexibility index (Phi) is 8.09. The van der Waals surface area contributed by atoms with Gasteiger partial charge in [-0.1, -0.05) is 18.2 Å². The van der Waals surface area contributed by atoms with Crippen LogP contribution in [0.5, 0.6) is 0 Å². The maximum absolute atomic E-state index is 12.1. The van der Waals surface area contributed by atoms with Gasteiger partial charge in [0.2, 0.25) is 12.3 Å². The highest BCUT2D eigenvalue weighted by Crippen LogP contribution is 2.16. The minimum atomic E-state index is -0.599. The molecule has 1 aromatic carbocycles. The second-order valence-electron chi connectivity index (χ2n) is 7.26. The van der Waals surface area contributed by atoms with Crippen LogP contribution in [0, 0.1) is 0 Å². The normalized spacial score (nSPS) is 12.0. The molecule has 0 saturated carbocycles. The van der Waals surface area contributed by atoms with Crippen molar-refractivity contribution in [1.29, 1.82) is 0 Å². The van der Waals surface area contributed by atoms with Gasteiger partial charge in [-0.15, -0.1) is 0 Å². The summed E-state index contributed by atoms with van der Waals surface area (Å²) in [4.78, 5) is 35.9. The maximum Gasteiger partial charge on any atom is 0.410 e. The number of aryl methyl sites for hydroxylation is 1. The van der Waals surface area contributed by atoms with Gasteiger partial charge in [-0.05, 0) is 52.2 Å². The predicted octanol–water partition coefficient (Wildman–Crippen LogP) is 2.56. The smallest absolute Gasteiger partial charge is 0.410 e. The van der Waals surface area contributed by atoms with Crippen LogP contribution in [0.4, 0.5) is 10.5 Å². The largest absolute Gasteiger partial charge is 0.444 e. The third-order valence-corrected chi connectivity index (χ3v) is 3.57. The molecular formula is C19H29N3O4. The Hall–Kier alpha value is -2.57. The molecule has 0 saturated heterocycles. The third kappa shape index (κ3) is 8.00. The molecule has 0 aliphatic rings. The molecule has 1 aromatic rings. The minimum absolute atomic E-state index is 0.0669. The van der Waals surface area contributed by atoms with Gasteiger partial charge in [-0.3, -0.25) is 9.59 Å². The lowest BCUT2D eigenvalue weighted by molar-refractivity contribution is -0.122. The van der Waals surface area contributed by atoms with Crippen LogP contribution in [0.2, 0.25) is 0 Å². The molecular weight excluding hydrogens is 334 g/mol. The summed E-state index contributed by atoms with van der Waals surface area (Å²) in [6.45, 7) is 7.16. The lowest BCUT2D eigenvalue weighted by Crippen LogP contribution is -2.43. The molecule has 0 aliphatic heterocycles. The topological polar surface area (TPSA) is 87.7 Å². The number of anilines is 1. The molecule has 1 unspecified atom stereocenters. The zero-order chi connectivity index (χ0) is 19.7. The SMILES string of the molecule is CC(CCc1ccccc1NC=O)NC(=O)CN(C)C(=O)OC(C)(C)C. The molecule has 0 bridgehead atoms. The van der Waals surface area contributed by atoms with Crippen LogP contribution < -0.4 is 10.6 Å². The van der Waals surface area contributed by atoms with E-state index in [1.807, 2.05) is 31.2 Å². The maximum atomic E-state index is 12.1. The van der Waals surface area contributed by atoms with Crippen LogP contribution >= 0.6 is 0 Å². The van der Waals surface area contributed by atoms with Crippen LogP contribution in [0.15, 0.2) is 24.3 Å². The molecule has 1 rings (SSSR count). The highest BCUT2D eigenvalue weighted by Gasteiger charge is 2.21. The van der Waals surface area contributed by atoms with Gasteiger partial charge in [-0.25, -0.2) is 4.79 Å². The Morgan fingerprint density at radius 3 is 2.54 bits per heavy atom. The number of rotatable bonds is 8. The van der Waals surface area contributed by atoms with E-state index in [-0.39, 0.29) is 18.5 Å². The lowest BCUT2D eigenvalue weighted by Gasteiger charge is -2.24. The second kappa shape index (κ2) is 9.79. The first kappa shape index (κ1) is 21.5. The second-order valence-corrected chi connectivity index (χ2v) is 7.26. The van der Waals surface area contributed by atoms with Crippen molar-refractivity contribution in [2.24, 2.45) is 0 Å². The number of para-hydroxylation sites is 1. The Labute approximate surface area is 155 Å². The van der Waals surface area contributed by atoms with E-state index in [2.05, 4.69) is 10.6 Å². The summed E-state index contributed by atoms with van der Waals surface area (Å²) in [5, 5.41) is 5.54. The van der Waals surface area contributed by atoms with E-state index in [0.29, 0.717) is 19.3 Å². The molecule has 0 heterocycles. The van der Waals surface area contributed by atoms with Crippen molar-refractivity contribution in [3.63, 3.8) is 0 Å². The molecule has 144 valence electrons. The number of nitrogens with zero attached hydrogens (tertiary/aromatic N) is 1. The van der Waals surface area contributed by atoms with Gasteiger partial charge in [0, 0.05) is 18.8 Å². The summed E-state index contributed by atoms with van der Waals surface area (Å²) < 4.78 is 5.22. The van der Waals surface area contributed by atoms with Crippen molar-refractivity contribution in [3.05, 3.63) is 29.8 Å². The van der Waals surface area contributed by atoms with Gasteiger partial charge in [-0.2, -0.15) is 0 Å². The molecule has 7 heteroatoms. The highest BCUT2D eigenvalue weighted by atomic mass is 16.6. The number of carbonyl (C=O) groups is 3. The monoisotopic (exact) mass is 363 g/mol. The standard InChI is InChI=1S/C19H29N3O4/c1-14(10-11-15-8-6-7-9-16(15)20-13-23)21-17(24)12-22(5)18(25)26-19(2,3)4/h6-9,13-14H,10-12H2,1-5H3,(H,20,23)(H,21,24). The van der Waals surface area contributed by atoms with Crippen LogP contribution in [0.3, 0.4) is 0 Å². The number of benzene rings is 1. The van der Waals surface area contributed by atoms with Gasteiger partial charge in [0.25, 0.3) is 0 Å². The first-order valence-corrected chi connectivity index (χ1v) is 8.64. The van der Waals surface area contributed by atoms with Gasteiger partial charge in [0.1, 0.15) is 12.1 Å². The van der Waals surface area contributed by atoms with Gasteiger partial charge >= 0.3 is 6.09 Å². The summed E-state index contributed by atoms with van der Waals surface area (Å²) in [5.74, 6) is -0.245. The van der Waals surface area contributed by atoms with Gasteiger partial charge in [0.05, 0.1) is 0 Å². The van der Waals surface area contributed by atoms with Crippen molar-refractivity contribution in [1.82, 2.24) is 10.2 Å². The number of amides is 3. The number of carbonyl (C=O) groups excluding carboxylic acids is 3. The molecule has 0 radical (unpaired) electrons. The van der Waals surface area contributed by atoms with E-state index in [4.69, 9.17) is 4.74 Å². The number of ether oxygens (including phenoxy) is 1. The van der Waals surface area contributed by atoms with Gasteiger partial charge < -0.3 is 20.3 Å². The van der Waals surface area contributed by atoms with E-state index in [1.165, 1.54) is 11.9 Å². The fraction of sp³-hybridized carbons (Fsp3) is 0.526. The summed E-state index contributed by atoms with van der Waals surface area (Å²) in [6.07, 6.45) is 1.53. The number of likely N-dealkylation sites (N-methyl/N-ethyl adjacent to an activating group) is 1. The van der Waals surface area contributed by atoms with E-state index in [1.54, 1.807) is 20.8 Å². The van der Waals surface area contributed by atoms with Crippen LogP contribution in [-0.2, 0) is 20.7 Å². The highest BCUT2D eigenvalue weighted by molar-refractivity contribution is 5.82. The van der Waals surface area contributed by atoms with E-state index >= 15 is 0 Å². The average molecular weight is 363 g/mol. The summed E-state index contributed by atoms with van der Waals surface area (Å²) in [6, 6.07) is 7.47. The fourth-order valence-corrected chi connectivity index (χ4v) is 2.33. The fourth-order valence-electron chi connectivity index (χ4n) is 2.33. The zero-order valence-electron chi connectivity index (χ0n) is 16.2. The summed E-state index contributed by atoms with van der Waals surface area (Å²) >= 11 is 0. The van der Waals surface area contributed by atoms with E-state index in [9.17, 15) is 14.4 Å². The number of hydrogen-bond acceptors (Lipinski definition) is 4. The average Bonchev–Trinajstić information content (AvgIpc) is 2.52. The third-order valence-electron chi connectivity index (χ3n) is 3.57. The van der Waals surface area contributed by atoms with Crippen molar-refractivity contribution in [2.75, 3.05) is 18.9 Å². The Morgan fingerprint density at radius 2 is 1.92 bits per heavy atom. The summed E-state index contributed by atoms with van der Waals surface area (Å²) in [5.41, 5.74) is 1.18. The molecule has 0 fully saturated rings. The molecule has 3 amide bonds. The number of nitrogens with one attached hydrogen (secondary N) is 2. The molecule has 26 heavy (non-hydrogen) atoms. The van der Waals surface area contributed by atoms with Crippen molar-refractivity contribution >= 4 is 24.1 Å². The van der Waals surface area contributed by atoms with Crippen LogP contribution in [0.1, 0.15) is 39.7 Å². The van der Waals surface area contributed by atoms with E-state index < -0.39 is 11.7 Å². The molecule has 2 N–H and O–H groups in total. The van der Waals surface area contributed by atoms with Crippen molar-refractivity contribution in [3.8, 4) is 0 Å². The minimum Gasteiger partial charge on any atom is -0.444 e. The first-order chi connectivity index (χ1) is 12.1. The predicted molar refractivity (Wildman–Crippen MR) is 101 cm³/mol. The summed E-state index contributed by atoms with van der Waals surface area (Å²) in [7, 11) is 1.53. The van der Waals surface area contributed by atoms with Gasteiger partial charge in [0.15, 0.2) is 0 Å². The van der Waals surface area contributed by atoms with Crippen LogP contribution in [0.25, 0.3) is 0 Å². The first-order valence-electron chi connectivity index (χ1n) is 8.64. The Balaban J connectivity index is 2.45. The molecule has 1 atom stereocenters. The zero-order valence-corrected chi connectivity index (χ0v) is 16.2.